The number of amides is 2. The molecule has 0 bridgehead atoms. The Hall–Kier alpha value is -3.09. The highest BCUT2D eigenvalue weighted by Gasteiger charge is 2.51. The maximum atomic E-state index is 13.4. The molecule has 0 aliphatic carbocycles. The van der Waals surface area contributed by atoms with Crippen molar-refractivity contribution in [3.05, 3.63) is 89.5 Å². The van der Waals surface area contributed by atoms with Crippen molar-refractivity contribution in [2.45, 2.75) is 17.4 Å². The first-order valence-corrected chi connectivity index (χ1v) is 10.8. The van der Waals surface area contributed by atoms with E-state index in [1.54, 1.807) is 54.2 Å². The predicted octanol–water partition coefficient (Wildman–Crippen LogP) is 3.94. The molecule has 0 spiro atoms. The minimum absolute atomic E-state index is 0.187. The summed E-state index contributed by atoms with van der Waals surface area (Å²) in [5.41, 5.74) is 1.39. The Morgan fingerprint density at radius 2 is 1.80 bits per heavy atom. The first-order valence-electron chi connectivity index (χ1n) is 9.58. The number of benzene rings is 3. The second kappa shape index (κ2) is 7.97. The number of aryl methyl sites for hydroxylation is 1. The third kappa shape index (κ3) is 3.49. The molecule has 6 heteroatoms. The van der Waals surface area contributed by atoms with Crippen molar-refractivity contribution in [3.8, 4) is 0 Å². The summed E-state index contributed by atoms with van der Waals surface area (Å²) >= 11 is 1.58. The standard InChI is InChI=1S/C24H22N2O3S/c1-16-10-12-17(13-11-16)24(29)20-8-3-4-9-21(20)26(23(24)28)15-22(27)25-18-6-5-7-19(14-18)30-2/h3-14,29H,15H2,1-2H3,(H,25,27). The Kier molecular flexibility index (Phi) is 5.37. The maximum absolute atomic E-state index is 13.4. The number of para-hydroxylation sites is 1. The normalized spacial score (nSPS) is 17.7. The molecule has 0 saturated carbocycles. The molecule has 1 aliphatic rings. The molecule has 1 aliphatic heterocycles. The molecular formula is C24H22N2O3S. The van der Waals surface area contributed by atoms with E-state index in [0.29, 0.717) is 22.5 Å². The zero-order chi connectivity index (χ0) is 21.3. The SMILES string of the molecule is CSc1cccc(NC(=O)CN2C(=O)C(O)(c3ccc(C)cc3)c3ccccc32)c1. The molecule has 0 saturated heterocycles. The zero-order valence-electron chi connectivity index (χ0n) is 16.8. The molecule has 0 aromatic heterocycles. The average Bonchev–Trinajstić information content (AvgIpc) is 2.97. The van der Waals surface area contributed by atoms with Crippen molar-refractivity contribution in [2.24, 2.45) is 0 Å². The Morgan fingerprint density at radius 1 is 1.07 bits per heavy atom. The fourth-order valence-electron chi connectivity index (χ4n) is 3.71. The van der Waals surface area contributed by atoms with Crippen molar-refractivity contribution < 1.29 is 14.7 Å². The zero-order valence-corrected chi connectivity index (χ0v) is 17.6. The highest BCUT2D eigenvalue weighted by molar-refractivity contribution is 7.98. The van der Waals surface area contributed by atoms with Gasteiger partial charge in [-0.1, -0.05) is 54.1 Å². The fourth-order valence-corrected chi connectivity index (χ4v) is 4.17. The quantitative estimate of drug-likeness (QED) is 0.616. The van der Waals surface area contributed by atoms with Crippen molar-refractivity contribution in [3.63, 3.8) is 0 Å². The van der Waals surface area contributed by atoms with E-state index < -0.39 is 11.5 Å². The van der Waals surface area contributed by atoms with Gasteiger partial charge in [-0.25, -0.2) is 0 Å². The monoisotopic (exact) mass is 418 g/mol. The van der Waals surface area contributed by atoms with E-state index >= 15 is 0 Å². The number of thioether (sulfide) groups is 1. The summed E-state index contributed by atoms with van der Waals surface area (Å²) in [6.07, 6.45) is 1.96. The molecule has 0 radical (unpaired) electrons. The van der Waals surface area contributed by atoms with E-state index in [2.05, 4.69) is 5.32 Å². The summed E-state index contributed by atoms with van der Waals surface area (Å²) in [5, 5.41) is 14.3. The lowest BCUT2D eigenvalue weighted by molar-refractivity contribution is -0.133. The van der Waals surface area contributed by atoms with E-state index in [1.807, 2.05) is 43.5 Å². The molecule has 5 nitrogen and oxygen atoms in total. The molecule has 1 unspecified atom stereocenters. The van der Waals surface area contributed by atoms with Crippen molar-refractivity contribution in [2.75, 3.05) is 23.0 Å². The van der Waals surface area contributed by atoms with Gasteiger partial charge in [0.05, 0.1) is 5.69 Å². The molecule has 2 amide bonds. The number of hydrogen-bond donors (Lipinski definition) is 2. The smallest absolute Gasteiger partial charge is 0.268 e. The second-order valence-corrected chi connectivity index (χ2v) is 8.14. The molecule has 0 fully saturated rings. The van der Waals surface area contributed by atoms with E-state index in [0.717, 1.165) is 10.5 Å². The molecule has 1 heterocycles. The van der Waals surface area contributed by atoms with Crippen LogP contribution in [0.3, 0.4) is 0 Å². The molecule has 3 aromatic rings. The summed E-state index contributed by atoms with van der Waals surface area (Å²) in [6.45, 7) is 1.76. The van der Waals surface area contributed by atoms with Crippen LogP contribution in [0.4, 0.5) is 11.4 Å². The van der Waals surface area contributed by atoms with E-state index in [1.165, 1.54) is 4.90 Å². The fraction of sp³-hybridized carbons (Fsp3) is 0.167. The van der Waals surface area contributed by atoms with Gasteiger partial charge in [-0.15, -0.1) is 11.8 Å². The van der Waals surface area contributed by atoms with Gasteiger partial charge in [0.25, 0.3) is 5.91 Å². The average molecular weight is 419 g/mol. The summed E-state index contributed by atoms with van der Waals surface area (Å²) in [4.78, 5) is 28.5. The lowest BCUT2D eigenvalue weighted by Crippen LogP contribution is -2.44. The highest BCUT2D eigenvalue weighted by Crippen LogP contribution is 2.44. The molecule has 30 heavy (non-hydrogen) atoms. The Labute approximate surface area is 179 Å². The number of rotatable bonds is 5. The lowest BCUT2D eigenvalue weighted by Gasteiger charge is -2.23. The van der Waals surface area contributed by atoms with Crippen LogP contribution in [0.2, 0.25) is 0 Å². The van der Waals surface area contributed by atoms with E-state index in [-0.39, 0.29) is 12.5 Å². The van der Waals surface area contributed by atoms with Gasteiger partial charge in [0.15, 0.2) is 5.60 Å². The summed E-state index contributed by atoms with van der Waals surface area (Å²) in [6, 6.07) is 21.8. The molecule has 152 valence electrons. The van der Waals surface area contributed by atoms with Crippen LogP contribution in [0.1, 0.15) is 16.7 Å². The number of nitrogens with zero attached hydrogens (tertiary/aromatic N) is 1. The van der Waals surface area contributed by atoms with E-state index in [4.69, 9.17) is 0 Å². The van der Waals surface area contributed by atoms with E-state index in [9.17, 15) is 14.7 Å². The van der Waals surface area contributed by atoms with Crippen molar-refractivity contribution in [1.29, 1.82) is 0 Å². The predicted molar refractivity (Wildman–Crippen MR) is 120 cm³/mol. The number of aliphatic hydroxyl groups is 1. The van der Waals surface area contributed by atoms with Crippen LogP contribution in [0, 0.1) is 6.92 Å². The third-order valence-corrected chi connectivity index (χ3v) is 5.99. The molecule has 3 aromatic carbocycles. The number of anilines is 2. The van der Waals surface area contributed by atoms with Crippen molar-refractivity contribution >= 4 is 35.0 Å². The first-order chi connectivity index (χ1) is 14.4. The van der Waals surface area contributed by atoms with Gasteiger partial charge in [-0.3, -0.25) is 14.5 Å². The van der Waals surface area contributed by atoms with Crippen LogP contribution in [0.25, 0.3) is 0 Å². The summed E-state index contributed by atoms with van der Waals surface area (Å²) < 4.78 is 0. The Bertz CT molecular complexity index is 1110. The van der Waals surface area contributed by atoms with Crippen LogP contribution in [-0.2, 0) is 15.2 Å². The van der Waals surface area contributed by atoms with Crippen LogP contribution in [-0.4, -0.2) is 29.7 Å². The number of carbonyl (C=O) groups excluding carboxylic acids is 2. The first kappa shape index (κ1) is 20.2. The minimum Gasteiger partial charge on any atom is -0.372 e. The van der Waals surface area contributed by atoms with Gasteiger partial charge >= 0.3 is 0 Å². The Morgan fingerprint density at radius 3 is 2.53 bits per heavy atom. The minimum atomic E-state index is -1.82. The molecule has 1 atom stereocenters. The van der Waals surface area contributed by atoms with Gasteiger partial charge in [0, 0.05) is 16.1 Å². The number of carbonyl (C=O) groups is 2. The van der Waals surface area contributed by atoms with Crippen LogP contribution in [0.5, 0.6) is 0 Å². The molecule has 4 rings (SSSR count). The summed E-state index contributed by atoms with van der Waals surface area (Å²) in [7, 11) is 0. The van der Waals surface area contributed by atoms with Crippen molar-refractivity contribution in [1.82, 2.24) is 0 Å². The van der Waals surface area contributed by atoms with Crippen LogP contribution >= 0.6 is 11.8 Å². The number of fused-ring (bicyclic) bond motifs is 1. The Balaban J connectivity index is 1.63. The largest absolute Gasteiger partial charge is 0.372 e. The number of nitrogens with one attached hydrogen (secondary N) is 1. The third-order valence-electron chi connectivity index (χ3n) is 5.26. The highest BCUT2D eigenvalue weighted by atomic mass is 32.2. The molecular weight excluding hydrogens is 396 g/mol. The van der Waals surface area contributed by atoms with Gasteiger partial charge in [0.2, 0.25) is 5.91 Å². The topological polar surface area (TPSA) is 69.6 Å². The lowest BCUT2D eigenvalue weighted by atomic mass is 9.87. The van der Waals surface area contributed by atoms with Gasteiger partial charge in [0.1, 0.15) is 6.54 Å². The number of hydrogen-bond acceptors (Lipinski definition) is 4. The van der Waals surface area contributed by atoms with Gasteiger partial charge in [-0.2, -0.15) is 0 Å². The van der Waals surface area contributed by atoms with Gasteiger partial charge < -0.3 is 10.4 Å². The molecule has 2 N–H and O–H groups in total. The van der Waals surface area contributed by atoms with Gasteiger partial charge in [-0.05, 0) is 43.0 Å². The van der Waals surface area contributed by atoms with Crippen LogP contribution in [0.15, 0.2) is 77.7 Å². The summed E-state index contributed by atoms with van der Waals surface area (Å²) in [5.74, 6) is -0.856. The second-order valence-electron chi connectivity index (χ2n) is 7.27. The van der Waals surface area contributed by atoms with Crippen LogP contribution < -0.4 is 10.2 Å². The maximum Gasteiger partial charge on any atom is 0.268 e.